The Morgan fingerprint density at radius 1 is 1.15 bits per heavy atom. The normalized spacial score (nSPS) is 18.7. The number of carbonyl (C=O) groups is 1. The molecule has 7 nitrogen and oxygen atoms in total. The summed E-state index contributed by atoms with van der Waals surface area (Å²) < 4.78 is 1.99. The number of nitrogens with zero attached hydrogens (tertiary/aromatic N) is 6. The third kappa shape index (κ3) is 3.78. The largest absolute Gasteiger partial charge is 0.355 e. The lowest BCUT2D eigenvalue weighted by atomic mass is 9.96. The van der Waals surface area contributed by atoms with E-state index in [1.165, 1.54) is 6.42 Å². The fourth-order valence-electron chi connectivity index (χ4n) is 4.07. The lowest BCUT2D eigenvalue weighted by molar-refractivity contribution is 0.0724. The van der Waals surface area contributed by atoms with E-state index in [-0.39, 0.29) is 5.91 Å². The van der Waals surface area contributed by atoms with Gasteiger partial charge in [0, 0.05) is 45.3 Å². The van der Waals surface area contributed by atoms with Crippen molar-refractivity contribution in [2.24, 2.45) is 7.05 Å². The van der Waals surface area contributed by atoms with Gasteiger partial charge in [-0.3, -0.25) is 4.79 Å². The molecular formula is C19H25ClN6O. The monoisotopic (exact) mass is 388 g/mol. The minimum Gasteiger partial charge on any atom is -0.355 e. The Morgan fingerprint density at radius 3 is 2.52 bits per heavy atom. The van der Waals surface area contributed by atoms with Crippen molar-refractivity contribution in [1.29, 1.82) is 0 Å². The van der Waals surface area contributed by atoms with Gasteiger partial charge in [0.15, 0.2) is 0 Å². The number of carbonyl (C=O) groups excluding carboxylic acids is 1. The Hall–Kier alpha value is -2.15. The zero-order valence-electron chi connectivity index (χ0n) is 15.6. The Balaban J connectivity index is 1.42. The molecule has 0 spiro atoms. The van der Waals surface area contributed by atoms with Crippen LogP contribution in [0.2, 0.25) is 5.02 Å². The van der Waals surface area contributed by atoms with Crippen LogP contribution in [0.25, 0.3) is 0 Å². The van der Waals surface area contributed by atoms with Crippen molar-refractivity contribution in [2.45, 2.75) is 38.0 Å². The van der Waals surface area contributed by atoms with Gasteiger partial charge in [0.05, 0.1) is 10.6 Å². The van der Waals surface area contributed by atoms with Crippen LogP contribution in [0.4, 0.5) is 5.82 Å². The summed E-state index contributed by atoms with van der Waals surface area (Å²) in [7, 11) is 1.98. The molecule has 2 saturated heterocycles. The number of anilines is 1. The highest BCUT2D eigenvalue weighted by Crippen LogP contribution is 2.32. The van der Waals surface area contributed by atoms with Gasteiger partial charge in [0.25, 0.3) is 5.91 Å². The number of hydrogen-bond acceptors (Lipinski definition) is 5. The predicted molar refractivity (Wildman–Crippen MR) is 104 cm³/mol. The van der Waals surface area contributed by atoms with E-state index in [0.29, 0.717) is 16.5 Å². The van der Waals surface area contributed by atoms with E-state index in [9.17, 15) is 4.79 Å². The Morgan fingerprint density at radius 2 is 1.89 bits per heavy atom. The smallest absolute Gasteiger partial charge is 0.255 e. The van der Waals surface area contributed by atoms with Crippen LogP contribution >= 0.6 is 11.6 Å². The van der Waals surface area contributed by atoms with Crippen molar-refractivity contribution >= 4 is 23.3 Å². The molecule has 0 atom stereocenters. The SMILES string of the molecule is Cn1cnnc1C1CCN(c2ncc(C(=O)N3CCCCC3)cc2Cl)CC1. The second-order valence-electron chi connectivity index (χ2n) is 7.44. The van der Waals surface area contributed by atoms with Crippen LogP contribution in [0, 0.1) is 0 Å². The van der Waals surface area contributed by atoms with Crippen LogP contribution in [-0.2, 0) is 7.05 Å². The number of piperidine rings is 2. The molecule has 27 heavy (non-hydrogen) atoms. The molecule has 0 radical (unpaired) electrons. The van der Waals surface area contributed by atoms with E-state index < -0.39 is 0 Å². The van der Waals surface area contributed by atoms with E-state index in [4.69, 9.17) is 11.6 Å². The maximum Gasteiger partial charge on any atom is 0.255 e. The first-order valence-corrected chi connectivity index (χ1v) is 10.0. The molecule has 0 aromatic carbocycles. The molecule has 2 aromatic heterocycles. The van der Waals surface area contributed by atoms with Gasteiger partial charge in [0.2, 0.25) is 0 Å². The average molecular weight is 389 g/mol. The standard InChI is InChI=1S/C19H25ClN6O/c1-24-13-22-23-17(24)14-5-9-25(10-6-14)18-16(20)11-15(12-21-18)19(27)26-7-3-2-4-8-26/h11-14H,2-10H2,1H3. The maximum atomic E-state index is 12.6. The molecule has 0 saturated carbocycles. The zero-order valence-corrected chi connectivity index (χ0v) is 16.4. The lowest BCUT2D eigenvalue weighted by Gasteiger charge is -2.33. The molecule has 0 unspecified atom stereocenters. The van der Waals surface area contributed by atoms with Crippen LogP contribution < -0.4 is 4.90 Å². The fraction of sp³-hybridized carbons (Fsp3) is 0.579. The third-order valence-corrected chi connectivity index (χ3v) is 5.90. The number of rotatable bonds is 3. The van der Waals surface area contributed by atoms with Gasteiger partial charge >= 0.3 is 0 Å². The highest BCUT2D eigenvalue weighted by Gasteiger charge is 2.26. The quantitative estimate of drug-likeness (QED) is 0.808. The van der Waals surface area contributed by atoms with Crippen molar-refractivity contribution in [2.75, 3.05) is 31.1 Å². The molecule has 8 heteroatoms. The summed E-state index contributed by atoms with van der Waals surface area (Å²) in [4.78, 5) is 21.3. The van der Waals surface area contributed by atoms with Crippen LogP contribution in [-0.4, -0.2) is 56.7 Å². The predicted octanol–water partition coefficient (Wildman–Crippen LogP) is 2.87. The number of halogens is 1. The topological polar surface area (TPSA) is 67.2 Å². The molecule has 2 aliphatic rings. The van der Waals surface area contributed by atoms with Crippen LogP contribution in [0.15, 0.2) is 18.6 Å². The third-order valence-electron chi connectivity index (χ3n) is 5.62. The summed E-state index contributed by atoms with van der Waals surface area (Å²) in [6.45, 7) is 3.38. The number of hydrogen-bond donors (Lipinski definition) is 0. The van der Waals surface area contributed by atoms with Crippen molar-refractivity contribution in [3.05, 3.63) is 35.0 Å². The highest BCUT2D eigenvalue weighted by molar-refractivity contribution is 6.33. The molecular weight excluding hydrogens is 364 g/mol. The molecule has 2 aliphatic heterocycles. The molecule has 4 heterocycles. The van der Waals surface area contributed by atoms with Gasteiger partial charge in [0.1, 0.15) is 18.0 Å². The van der Waals surface area contributed by atoms with E-state index in [1.54, 1.807) is 18.6 Å². The molecule has 0 aliphatic carbocycles. The number of amides is 1. The van der Waals surface area contributed by atoms with Crippen molar-refractivity contribution in [3.8, 4) is 0 Å². The van der Waals surface area contributed by atoms with E-state index >= 15 is 0 Å². The van der Waals surface area contributed by atoms with Gasteiger partial charge in [-0.05, 0) is 38.2 Å². The minimum atomic E-state index is 0.0386. The Kier molecular flexibility index (Phi) is 5.29. The Bertz CT molecular complexity index is 808. The van der Waals surface area contributed by atoms with Gasteiger partial charge in [-0.1, -0.05) is 11.6 Å². The summed E-state index contributed by atoms with van der Waals surface area (Å²) >= 11 is 6.51. The number of aromatic nitrogens is 4. The summed E-state index contributed by atoms with van der Waals surface area (Å²) in [6, 6.07) is 1.77. The van der Waals surface area contributed by atoms with E-state index in [2.05, 4.69) is 20.1 Å². The van der Waals surface area contributed by atoms with E-state index in [0.717, 1.165) is 63.5 Å². The summed E-state index contributed by atoms with van der Waals surface area (Å²) in [5.41, 5.74) is 0.583. The first-order chi connectivity index (χ1) is 13.1. The first-order valence-electron chi connectivity index (χ1n) is 9.67. The van der Waals surface area contributed by atoms with Crippen molar-refractivity contribution in [1.82, 2.24) is 24.6 Å². The lowest BCUT2D eigenvalue weighted by Crippen LogP contribution is -2.36. The minimum absolute atomic E-state index is 0.0386. The highest BCUT2D eigenvalue weighted by atomic mass is 35.5. The molecule has 2 aromatic rings. The van der Waals surface area contributed by atoms with Gasteiger partial charge in [-0.15, -0.1) is 10.2 Å². The van der Waals surface area contributed by atoms with Crippen molar-refractivity contribution < 1.29 is 4.79 Å². The molecule has 4 rings (SSSR count). The molecule has 2 fully saturated rings. The van der Waals surface area contributed by atoms with E-state index in [1.807, 2.05) is 16.5 Å². The number of aryl methyl sites for hydroxylation is 1. The second-order valence-corrected chi connectivity index (χ2v) is 7.85. The maximum absolute atomic E-state index is 12.6. The molecule has 144 valence electrons. The van der Waals surface area contributed by atoms with Crippen LogP contribution in [0.5, 0.6) is 0 Å². The van der Waals surface area contributed by atoms with Crippen LogP contribution in [0.3, 0.4) is 0 Å². The van der Waals surface area contributed by atoms with Gasteiger partial charge < -0.3 is 14.4 Å². The van der Waals surface area contributed by atoms with Gasteiger partial charge in [-0.25, -0.2) is 4.98 Å². The Labute approximate surface area is 164 Å². The summed E-state index contributed by atoms with van der Waals surface area (Å²) in [5, 5.41) is 8.77. The average Bonchev–Trinajstić information content (AvgIpc) is 3.14. The van der Waals surface area contributed by atoms with Gasteiger partial charge in [-0.2, -0.15) is 0 Å². The van der Waals surface area contributed by atoms with Crippen LogP contribution in [0.1, 0.15) is 54.2 Å². The summed E-state index contributed by atoms with van der Waals surface area (Å²) in [6.07, 6.45) is 8.74. The van der Waals surface area contributed by atoms with Crippen molar-refractivity contribution in [3.63, 3.8) is 0 Å². The number of pyridine rings is 1. The summed E-state index contributed by atoms with van der Waals surface area (Å²) in [5.74, 6) is 2.25. The second kappa shape index (κ2) is 7.84. The molecule has 0 N–H and O–H groups in total. The molecule has 0 bridgehead atoms. The zero-order chi connectivity index (χ0) is 18.8. The molecule has 1 amide bonds. The first kappa shape index (κ1) is 18.2. The fourth-order valence-corrected chi connectivity index (χ4v) is 4.36. The number of likely N-dealkylation sites (tertiary alicyclic amines) is 1.